The number of rotatable bonds is 9. The first-order valence-corrected chi connectivity index (χ1v) is 14.6. The Labute approximate surface area is 229 Å². The molecule has 13 heteroatoms. The molecule has 1 fully saturated rings. The average molecular weight is 572 g/mol. The summed E-state index contributed by atoms with van der Waals surface area (Å²) in [6, 6.07) is 11.3. The summed E-state index contributed by atoms with van der Waals surface area (Å²) < 4.78 is 54.9. The van der Waals surface area contributed by atoms with Crippen LogP contribution in [0.5, 0.6) is 0 Å². The first-order valence-electron chi connectivity index (χ1n) is 12.3. The van der Waals surface area contributed by atoms with E-state index in [0.29, 0.717) is 23.7 Å². The molecule has 0 spiro atoms. The van der Waals surface area contributed by atoms with Crippen LogP contribution in [0.4, 0.5) is 31.9 Å². The number of likely N-dealkylation sites (N-methyl/N-ethyl adjacent to an activating group) is 1. The molecule has 1 atom stereocenters. The molecule has 9 nitrogen and oxygen atoms in total. The van der Waals surface area contributed by atoms with Gasteiger partial charge in [-0.05, 0) is 61.9 Å². The van der Waals surface area contributed by atoms with E-state index < -0.39 is 21.7 Å². The summed E-state index contributed by atoms with van der Waals surface area (Å²) in [5.41, 5.74) is 2.74. The van der Waals surface area contributed by atoms with Crippen LogP contribution >= 0.6 is 11.3 Å². The molecule has 1 unspecified atom stereocenters. The Hall–Kier alpha value is -3.52. The van der Waals surface area contributed by atoms with E-state index in [1.807, 2.05) is 11.7 Å². The highest BCUT2D eigenvalue weighted by atomic mass is 32.2. The minimum absolute atomic E-state index is 0.118. The second kappa shape index (κ2) is 11.7. The molecule has 1 aliphatic rings. The first kappa shape index (κ1) is 27.1. The van der Waals surface area contributed by atoms with E-state index in [1.54, 1.807) is 48.7 Å². The SMILES string of the molecule is CN(C1CCCN(Cc2cncs2)C1)S(=O)(=O)c1ccc(Nc2nccc(Nc3ccc(F)c(F)c3)n2)cc1. The van der Waals surface area contributed by atoms with E-state index in [1.165, 1.54) is 21.4 Å². The van der Waals surface area contributed by atoms with Crippen LogP contribution < -0.4 is 10.6 Å². The standard InChI is InChI=1S/C26H27F2N7O2S2/c1-34(20-3-2-12-35(15-20)16-21-14-29-17-38-21)39(36,37)22-7-4-18(5-8-22)32-26-30-11-10-25(33-26)31-19-6-9-23(27)24(28)13-19/h4-11,13-14,17,20H,2-3,12,15-16H2,1H3,(H2,30,31,32,33). The van der Waals surface area contributed by atoms with Crippen LogP contribution in [0.1, 0.15) is 17.7 Å². The maximum atomic E-state index is 13.5. The quantitative estimate of drug-likeness (QED) is 0.290. The monoisotopic (exact) mass is 571 g/mol. The van der Waals surface area contributed by atoms with Crippen LogP contribution in [0.2, 0.25) is 0 Å². The lowest BCUT2D eigenvalue weighted by molar-refractivity contribution is 0.154. The van der Waals surface area contributed by atoms with E-state index in [-0.39, 0.29) is 16.9 Å². The van der Waals surface area contributed by atoms with Gasteiger partial charge in [0.25, 0.3) is 0 Å². The predicted molar refractivity (Wildman–Crippen MR) is 147 cm³/mol. The van der Waals surface area contributed by atoms with Crippen LogP contribution in [0.15, 0.2) is 71.3 Å². The highest BCUT2D eigenvalue weighted by Gasteiger charge is 2.31. The molecule has 0 radical (unpaired) electrons. The Kier molecular flexibility index (Phi) is 8.12. The molecule has 5 rings (SSSR count). The van der Waals surface area contributed by atoms with Gasteiger partial charge < -0.3 is 10.6 Å². The van der Waals surface area contributed by atoms with Crippen molar-refractivity contribution < 1.29 is 17.2 Å². The Bertz CT molecular complexity index is 1520. The zero-order chi connectivity index (χ0) is 27.4. The lowest BCUT2D eigenvalue weighted by Gasteiger charge is -2.36. The minimum atomic E-state index is -3.69. The molecule has 0 amide bonds. The number of sulfonamides is 1. The third-order valence-corrected chi connectivity index (χ3v) is 9.18. The number of likely N-dealkylation sites (tertiary alicyclic amines) is 1. The fourth-order valence-electron chi connectivity index (χ4n) is 4.42. The number of nitrogens with zero attached hydrogens (tertiary/aromatic N) is 5. The fourth-order valence-corrected chi connectivity index (χ4v) is 6.44. The summed E-state index contributed by atoms with van der Waals surface area (Å²) in [6.45, 7) is 2.37. The van der Waals surface area contributed by atoms with Crippen molar-refractivity contribution in [3.05, 3.63) is 82.9 Å². The highest BCUT2D eigenvalue weighted by molar-refractivity contribution is 7.89. The van der Waals surface area contributed by atoms with Gasteiger partial charge in [-0.3, -0.25) is 9.88 Å². The Morgan fingerprint density at radius 2 is 1.87 bits per heavy atom. The molecule has 0 saturated carbocycles. The van der Waals surface area contributed by atoms with Crippen molar-refractivity contribution in [3.8, 4) is 0 Å². The summed E-state index contributed by atoms with van der Waals surface area (Å²) in [6.07, 6.45) is 5.10. The minimum Gasteiger partial charge on any atom is -0.340 e. The first-order chi connectivity index (χ1) is 18.8. The van der Waals surface area contributed by atoms with Gasteiger partial charge in [0.1, 0.15) is 5.82 Å². The van der Waals surface area contributed by atoms with Crippen LogP contribution in [0.25, 0.3) is 0 Å². The second-order valence-electron chi connectivity index (χ2n) is 9.19. The number of nitrogens with one attached hydrogen (secondary N) is 2. The molecule has 4 aromatic rings. The number of halogens is 2. The van der Waals surface area contributed by atoms with Crippen LogP contribution in [0, 0.1) is 11.6 Å². The number of hydrogen-bond donors (Lipinski definition) is 2. The molecule has 2 aromatic heterocycles. The van der Waals surface area contributed by atoms with E-state index in [9.17, 15) is 17.2 Å². The van der Waals surface area contributed by atoms with Crippen LogP contribution in [-0.2, 0) is 16.6 Å². The second-order valence-corrected chi connectivity index (χ2v) is 12.2. The summed E-state index contributed by atoms with van der Waals surface area (Å²) in [7, 11) is -2.05. The molecule has 2 aromatic carbocycles. The molecule has 204 valence electrons. The summed E-state index contributed by atoms with van der Waals surface area (Å²) >= 11 is 1.60. The van der Waals surface area contributed by atoms with Gasteiger partial charge in [0.2, 0.25) is 16.0 Å². The normalized spacial score (nSPS) is 16.4. The Morgan fingerprint density at radius 3 is 2.62 bits per heavy atom. The maximum Gasteiger partial charge on any atom is 0.243 e. The molecule has 1 saturated heterocycles. The topological polar surface area (TPSA) is 103 Å². The number of benzene rings is 2. The van der Waals surface area contributed by atoms with Crippen molar-refractivity contribution in [3.63, 3.8) is 0 Å². The van der Waals surface area contributed by atoms with Gasteiger partial charge in [0, 0.05) is 60.9 Å². The van der Waals surface area contributed by atoms with Crippen molar-refractivity contribution in [1.29, 1.82) is 0 Å². The Balaban J connectivity index is 1.23. The van der Waals surface area contributed by atoms with Gasteiger partial charge in [-0.25, -0.2) is 22.2 Å². The lowest BCUT2D eigenvalue weighted by Crippen LogP contribution is -2.48. The molecule has 0 bridgehead atoms. The van der Waals surface area contributed by atoms with Gasteiger partial charge >= 0.3 is 0 Å². The maximum absolute atomic E-state index is 13.5. The van der Waals surface area contributed by atoms with Gasteiger partial charge in [-0.2, -0.15) is 9.29 Å². The highest BCUT2D eigenvalue weighted by Crippen LogP contribution is 2.25. The number of aromatic nitrogens is 3. The molecule has 0 aliphatic carbocycles. The summed E-state index contributed by atoms with van der Waals surface area (Å²) in [5.74, 6) is -1.28. The lowest BCUT2D eigenvalue weighted by atomic mass is 10.1. The van der Waals surface area contributed by atoms with Gasteiger partial charge in [0.05, 0.1) is 10.4 Å². The zero-order valence-electron chi connectivity index (χ0n) is 21.1. The van der Waals surface area contributed by atoms with Gasteiger partial charge in [0.15, 0.2) is 11.6 Å². The molecule has 3 heterocycles. The molecular formula is C26H27F2N7O2S2. The van der Waals surface area contributed by atoms with E-state index in [4.69, 9.17) is 0 Å². The van der Waals surface area contributed by atoms with Crippen molar-refractivity contribution in [2.24, 2.45) is 0 Å². The van der Waals surface area contributed by atoms with Crippen LogP contribution in [0.3, 0.4) is 0 Å². The van der Waals surface area contributed by atoms with Gasteiger partial charge in [-0.1, -0.05) is 0 Å². The fraction of sp³-hybridized carbons (Fsp3) is 0.269. The zero-order valence-corrected chi connectivity index (χ0v) is 22.7. The smallest absolute Gasteiger partial charge is 0.243 e. The molecular weight excluding hydrogens is 544 g/mol. The van der Waals surface area contributed by atoms with E-state index in [2.05, 4.69) is 30.5 Å². The van der Waals surface area contributed by atoms with Crippen molar-refractivity contribution >= 4 is 44.5 Å². The summed E-state index contributed by atoms with van der Waals surface area (Å²) in [4.78, 5) is 16.3. The number of thiazole rings is 1. The van der Waals surface area contributed by atoms with Crippen LogP contribution in [-0.4, -0.2) is 58.8 Å². The Morgan fingerprint density at radius 1 is 1.08 bits per heavy atom. The average Bonchev–Trinajstić information content (AvgIpc) is 3.44. The van der Waals surface area contributed by atoms with E-state index >= 15 is 0 Å². The third-order valence-electron chi connectivity index (χ3n) is 6.49. The number of anilines is 4. The molecule has 2 N–H and O–H groups in total. The molecule has 1 aliphatic heterocycles. The third kappa shape index (κ3) is 6.56. The predicted octanol–water partition coefficient (Wildman–Crippen LogP) is 4.98. The largest absolute Gasteiger partial charge is 0.340 e. The van der Waals surface area contributed by atoms with Gasteiger partial charge in [-0.15, -0.1) is 11.3 Å². The number of piperidine rings is 1. The summed E-state index contributed by atoms with van der Waals surface area (Å²) in [5, 5.41) is 5.93. The van der Waals surface area contributed by atoms with Crippen molar-refractivity contribution in [1.82, 2.24) is 24.2 Å². The molecule has 39 heavy (non-hydrogen) atoms. The van der Waals surface area contributed by atoms with Crippen molar-refractivity contribution in [2.45, 2.75) is 30.3 Å². The number of hydrogen-bond acceptors (Lipinski definition) is 9. The van der Waals surface area contributed by atoms with Crippen molar-refractivity contribution in [2.75, 3.05) is 30.8 Å². The van der Waals surface area contributed by atoms with E-state index in [0.717, 1.165) is 38.1 Å².